The summed E-state index contributed by atoms with van der Waals surface area (Å²) < 4.78 is 32.7. The first-order chi connectivity index (χ1) is 12.4. The molecule has 0 N–H and O–H groups in total. The molecule has 10 heteroatoms. The van der Waals surface area contributed by atoms with Crippen molar-refractivity contribution in [3.8, 4) is 5.88 Å². The fourth-order valence-electron chi connectivity index (χ4n) is 2.67. The van der Waals surface area contributed by atoms with Crippen LogP contribution in [0.1, 0.15) is 17.3 Å². The maximum absolute atomic E-state index is 12.7. The minimum atomic E-state index is -3.58. The number of thiophene rings is 1. The number of halogens is 1. The SMILES string of the molecule is CCOc1ncccc1C(=O)N1CCN(S(=O)(=O)c2ccc(Cl)s2)CC1. The molecule has 3 rings (SSSR count). The van der Waals surface area contributed by atoms with Crippen molar-refractivity contribution in [1.82, 2.24) is 14.2 Å². The van der Waals surface area contributed by atoms with Gasteiger partial charge in [0.05, 0.1) is 10.9 Å². The second-order valence-electron chi connectivity index (χ2n) is 5.54. The molecular weight excluding hydrogens is 398 g/mol. The van der Waals surface area contributed by atoms with Gasteiger partial charge < -0.3 is 9.64 Å². The van der Waals surface area contributed by atoms with Gasteiger partial charge in [-0.2, -0.15) is 4.31 Å². The average Bonchev–Trinajstić information content (AvgIpc) is 3.09. The summed E-state index contributed by atoms with van der Waals surface area (Å²) in [4.78, 5) is 18.5. The zero-order valence-corrected chi connectivity index (χ0v) is 16.5. The molecule has 3 heterocycles. The molecule has 1 saturated heterocycles. The maximum Gasteiger partial charge on any atom is 0.259 e. The van der Waals surface area contributed by atoms with E-state index in [1.54, 1.807) is 29.3 Å². The number of ether oxygens (including phenoxy) is 1. The van der Waals surface area contributed by atoms with Crippen LogP contribution in [0, 0.1) is 0 Å². The first kappa shape index (κ1) is 19.1. The van der Waals surface area contributed by atoms with Gasteiger partial charge in [-0.15, -0.1) is 11.3 Å². The number of pyridine rings is 1. The van der Waals surface area contributed by atoms with E-state index < -0.39 is 10.0 Å². The zero-order valence-electron chi connectivity index (χ0n) is 14.1. The normalized spacial score (nSPS) is 15.8. The highest BCUT2D eigenvalue weighted by molar-refractivity contribution is 7.91. The molecule has 0 saturated carbocycles. The molecule has 0 radical (unpaired) electrons. The Morgan fingerprint density at radius 2 is 2.00 bits per heavy atom. The number of carbonyl (C=O) groups excluding carboxylic acids is 1. The number of aromatic nitrogens is 1. The number of piperazine rings is 1. The van der Waals surface area contributed by atoms with Crippen LogP contribution in [0.3, 0.4) is 0 Å². The predicted octanol–water partition coefficient (Wildman–Crippen LogP) is 2.34. The van der Waals surface area contributed by atoms with Gasteiger partial charge >= 0.3 is 0 Å². The van der Waals surface area contributed by atoms with Gasteiger partial charge in [-0.25, -0.2) is 13.4 Å². The lowest BCUT2D eigenvalue weighted by Gasteiger charge is -2.33. The van der Waals surface area contributed by atoms with Crippen LogP contribution in [-0.4, -0.2) is 61.3 Å². The lowest BCUT2D eigenvalue weighted by molar-refractivity contribution is 0.0693. The van der Waals surface area contributed by atoms with Crippen LogP contribution >= 0.6 is 22.9 Å². The Kier molecular flexibility index (Phi) is 5.81. The Labute approximate surface area is 161 Å². The number of amides is 1. The van der Waals surface area contributed by atoms with E-state index in [1.807, 2.05) is 6.92 Å². The molecule has 2 aromatic heterocycles. The predicted molar refractivity (Wildman–Crippen MR) is 99.4 cm³/mol. The van der Waals surface area contributed by atoms with Crippen molar-refractivity contribution in [2.45, 2.75) is 11.1 Å². The van der Waals surface area contributed by atoms with Crippen LogP contribution in [0.5, 0.6) is 5.88 Å². The summed E-state index contributed by atoms with van der Waals surface area (Å²) in [6, 6.07) is 6.41. The quantitative estimate of drug-likeness (QED) is 0.748. The van der Waals surface area contributed by atoms with Crippen molar-refractivity contribution in [3.63, 3.8) is 0 Å². The van der Waals surface area contributed by atoms with Gasteiger partial charge in [-0.05, 0) is 31.2 Å². The molecular formula is C16H18ClN3O4S2. The largest absolute Gasteiger partial charge is 0.477 e. The number of rotatable bonds is 5. The molecule has 0 aliphatic carbocycles. The number of nitrogens with zero attached hydrogens (tertiary/aromatic N) is 3. The Hall–Kier alpha value is -1.68. The third-order valence-corrected chi connectivity index (χ3v) is 7.55. The third-order valence-electron chi connectivity index (χ3n) is 3.95. The monoisotopic (exact) mass is 415 g/mol. The van der Waals surface area contributed by atoms with E-state index in [9.17, 15) is 13.2 Å². The fraction of sp³-hybridized carbons (Fsp3) is 0.375. The molecule has 1 aliphatic heterocycles. The van der Waals surface area contributed by atoms with E-state index in [-0.39, 0.29) is 23.2 Å². The minimum absolute atomic E-state index is 0.210. The summed E-state index contributed by atoms with van der Waals surface area (Å²) in [6.07, 6.45) is 1.57. The molecule has 0 unspecified atom stereocenters. The lowest BCUT2D eigenvalue weighted by atomic mass is 10.2. The first-order valence-corrected chi connectivity index (χ1v) is 10.7. The van der Waals surface area contributed by atoms with E-state index in [0.717, 1.165) is 11.3 Å². The van der Waals surface area contributed by atoms with Crippen molar-refractivity contribution in [3.05, 3.63) is 40.4 Å². The Balaban J connectivity index is 1.70. The molecule has 1 amide bonds. The van der Waals surface area contributed by atoms with Crippen LogP contribution < -0.4 is 4.74 Å². The Morgan fingerprint density at radius 3 is 2.62 bits per heavy atom. The second-order valence-corrected chi connectivity index (χ2v) is 9.42. The van der Waals surface area contributed by atoms with Crippen molar-refractivity contribution in [1.29, 1.82) is 0 Å². The van der Waals surface area contributed by atoms with E-state index >= 15 is 0 Å². The number of carbonyl (C=O) groups is 1. The van der Waals surface area contributed by atoms with Crippen LogP contribution in [0.2, 0.25) is 4.34 Å². The van der Waals surface area contributed by atoms with Crippen LogP contribution in [-0.2, 0) is 10.0 Å². The average molecular weight is 416 g/mol. The van der Waals surface area contributed by atoms with E-state index in [4.69, 9.17) is 16.3 Å². The molecule has 2 aromatic rings. The number of sulfonamides is 1. The van der Waals surface area contributed by atoms with Gasteiger partial charge in [0, 0.05) is 32.4 Å². The van der Waals surface area contributed by atoms with Crippen molar-refractivity contribution < 1.29 is 17.9 Å². The van der Waals surface area contributed by atoms with Crippen molar-refractivity contribution >= 4 is 38.9 Å². The smallest absolute Gasteiger partial charge is 0.259 e. The van der Waals surface area contributed by atoms with Crippen molar-refractivity contribution in [2.75, 3.05) is 32.8 Å². The summed E-state index contributed by atoms with van der Waals surface area (Å²) in [7, 11) is -3.58. The van der Waals surface area contributed by atoms with Gasteiger partial charge in [0.25, 0.3) is 15.9 Å². The van der Waals surface area contributed by atoms with Gasteiger partial charge in [-0.3, -0.25) is 4.79 Å². The minimum Gasteiger partial charge on any atom is -0.477 e. The van der Waals surface area contributed by atoms with Crippen LogP contribution in [0.25, 0.3) is 0 Å². The molecule has 26 heavy (non-hydrogen) atoms. The lowest BCUT2D eigenvalue weighted by Crippen LogP contribution is -2.50. The highest BCUT2D eigenvalue weighted by Crippen LogP contribution is 2.29. The zero-order chi connectivity index (χ0) is 18.7. The molecule has 1 fully saturated rings. The van der Waals surface area contributed by atoms with Crippen LogP contribution in [0.4, 0.5) is 0 Å². The maximum atomic E-state index is 12.7. The Morgan fingerprint density at radius 1 is 1.27 bits per heavy atom. The molecule has 0 bridgehead atoms. The summed E-state index contributed by atoms with van der Waals surface area (Å²) in [5.41, 5.74) is 0.385. The molecule has 140 valence electrons. The Bertz CT molecular complexity index is 892. The second kappa shape index (κ2) is 7.91. The number of hydrogen-bond acceptors (Lipinski definition) is 6. The molecule has 0 atom stereocenters. The summed E-state index contributed by atoms with van der Waals surface area (Å²) in [6.45, 7) is 3.30. The van der Waals surface area contributed by atoms with Gasteiger partial charge in [-0.1, -0.05) is 11.6 Å². The number of hydrogen-bond donors (Lipinski definition) is 0. The van der Waals surface area contributed by atoms with Gasteiger partial charge in [0.1, 0.15) is 9.77 Å². The molecule has 0 spiro atoms. The van der Waals surface area contributed by atoms with Crippen molar-refractivity contribution in [2.24, 2.45) is 0 Å². The van der Waals surface area contributed by atoms with E-state index in [0.29, 0.717) is 35.5 Å². The first-order valence-electron chi connectivity index (χ1n) is 8.06. The van der Waals surface area contributed by atoms with Gasteiger partial charge in [0.15, 0.2) is 0 Å². The fourth-order valence-corrected chi connectivity index (χ4v) is 5.73. The molecule has 0 aromatic carbocycles. The highest BCUT2D eigenvalue weighted by Gasteiger charge is 2.32. The topological polar surface area (TPSA) is 79.8 Å². The third kappa shape index (κ3) is 3.85. The van der Waals surface area contributed by atoms with Crippen LogP contribution in [0.15, 0.2) is 34.7 Å². The molecule has 1 aliphatic rings. The van der Waals surface area contributed by atoms with Gasteiger partial charge in [0.2, 0.25) is 5.88 Å². The molecule has 7 nitrogen and oxygen atoms in total. The summed E-state index contributed by atoms with van der Waals surface area (Å²) >= 11 is 6.87. The summed E-state index contributed by atoms with van der Waals surface area (Å²) in [5, 5.41) is 0. The van der Waals surface area contributed by atoms with E-state index in [1.165, 1.54) is 10.4 Å². The highest BCUT2D eigenvalue weighted by atomic mass is 35.5. The van der Waals surface area contributed by atoms with E-state index in [2.05, 4.69) is 4.98 Å². The standard InChI is InChI=1S/C16H18ClN3O4S2/c1-2-24-15-12(4-3-7-18-15)16(21)19-8-10-20(11-9-19)26(22,23)14-6-5-13(17)25-14/h3-7H,2,8-11H2,1H3. The summed E-state index contributed by atoms with van der Waals surface area (Å²) in [5.74, 6) is 0.0843.